The SMILES string of the molecule is CCNC(=NCC(C)C(=O)OC)NC(C)c1nc(C)c(C(=O)OCC)s1.I. The number of ether oxygens (including phenoxy) is 2. The van der Waals surface area contributed by atoms with E-state index in [4.69, 9.17) is 9.47 Å². The number of carbonyl (C=O) groups is 2. The van der Waals surface area contributed by atoms with Gasteiger partial charge in [-0.05, 0) is 27.7 Å². The van der Waals surface area contributed by atoms with Crippen LogP contribution in [0.5, 0.6) is 0 Å². The number of aryl methyl sites for hydroxylation is 1. The topological polar surface area (TPSA) is 102 Å². The predicted octanol–water partition coefficient (Wildman–Crippen LogP) is 2.67. The Morgan fingerprint density at radius 1 is 1.30 bits per heavy atom. The van der Waals surface area contributed by atoms with Crippen LogP contribution in [0.25, 0.3) is 0 Å². The predicted molar refractivity (Wildman–Crippen MR) is 117 cm³/mol. The van der Waals surface area contributed by atoms with Crippen molar-refractivity contribution in [3.63, 3.8) is 0 Å². The van der Waals surface area contributed by atoms with Crippen molar-refractivity contribution in [3.8, 4) is 0 Å². The number of halogens is 1. The van der Waals surface area contributed by atoms with Crippen LogP contribution in [0.15, 0.2) is 4.99 Å². The summed E-state index contributed by atoms with van der Waals surface area (Å²) in [5.74, 6) is -0.412. The summed E-state index contributed by atoms with van der Waals surface area (Å²) in [5.41, 5.74) is 0.651. The Morgan fingerprint density at radius 2 is 1.96 bits per heavy atom. The number of hydrogen-bond acceptors (Lipinski definition) is 7. The lowest BCUT2D eigenvalue weighted by Crippen LogP contribution is -2.39. The number of methoxy groups -OCH3 is 1. The standard InChI is InChI=1S/C17H28N4O4S.HI/c1-7-18-17(19-9-10(3)15(22)24-6)21-12(5)14-20-11(4)13(26-14)16(23)25-8-2;/h10,12H,7-9H2,1-6H3,(H2,18,19,21);1H. The van der Waals surface area contributed by atoms with E-state index < -0.39 is 0 Å². The van der Waals surface area contributed by atoms with Gasteiger partial charge in [-0.1, -0.05) is 6.92 Å². The fourth-order valence-electron chi connectivity index (χ4n) is 2.08. The molecule has 1 rings (SSSR count). The maximum absolute atomic E-state index is 11.9. The van der Waals surface area contributed by atoms with Crippen LogP contribution in [-0.2, 0) is 14.3 Å². The summed E-state index contributed by atoms with van der Waals surface area (Å²) < 4.78 is 9.76. The van der Waals surface area contributed by atoms with Gasteiger partial charge in [0.15, 0.2) is 5.96 Å². The molecule has 0 saturated heterocycles. The molecule has 8 nitrogen and oxygen atoms in total. The van der Waals surface area contributed by atoms with Crippen molar-refractivity contribution in [2.75, 3.05) is 26.8 Å². The molecule has 1 aromatic rings. The molecule has 0 aliphatic rings. The summed E-state index contributed by atoms with van der Waals surface area (Å²) in [5, 5.41) is 7.13. The number of carbonyl (C=O) groups excluding carboxylic acids is 2. The second-order valence-corrected chi connectivity index (χ2v) is 6.73. The summed E-state index contributed by atoms with van der Waals surface area (Å²) in [6, 6.07) is -0.159. The van der Waals surface area contributed by atoms with Gasteiger partial charge in [0.1, 0.15) is 9.88 Å². The van der Waals surface area contributed by atoms with E-state index in [-0.39, 0.29) is 47.9 Å². The first-order chi connectivity index (χ1) is 12.3. The average molecular weight is 512 g/mol. The molecule has 27 heavy (non-hydrogen) atoms. The van der Waals surface area contributed by atoms with E-state index in [9.17, 15) is 9.59 Å². The van der Waals surface area contributed by atoms with Crippen molar-refractivity contribution in [1.29, 1.82) is 0 Å². The van der Waals surface area contributed by atoms with E-state index in [0.29, 0.717) is 36.2 Å². The number of esters is 2. The highest BCUT2D eigenvalue weighted by Crippen LogP contribution is 2.24. The quantitative estimate of drug-likeness (QED) is 0.239. The summed E-state index contributed by atoms with van der Waals surface area (Å²) in [6.07, 6.45) is 0. The summed E-state index contributed by atoms with van der Waals surface area (Å²) in [7, 11) is 1.36. The molecule has 10 heteroatoms. The Balaban J connectivity index is 0.00000676. The van der Waals surface area contributed by atoms with E-state index in [1.165, 1.54) is 18.4 Å². The van der Waals surface area contributed by atoms with Gasteiger partial charge in [-0.25, -0.2) is 9.78 Å². The van der Waals surface area contributed by atoms with Gasteiger partial charge in [-0.15, -0.1) is 35.3 Å². The molecular weight excluding hydrogens is 483 g/mol. The van der Waals surface area contributed by atoms with Crippen molar-refractivity contribution >= 4 is 53.2 Å². The van der Waals surface area contributed by atoms with Crippen LogP contribution in [0.3, 0.4) is 0 Å². The maximum Gasteiger partial charge on any atom is 0.350 e. The third kappa shape index (κ3) is 7.99. The Morgan fingerprint density at radius 3 is 2.52 bits per heavy atom. The minimum atomic E-state index is -0.353. The number of aliphatic imine (C=N–C) groups is 1. The van der Waals surface area contributed by atoms with Gasteiger partial charge in [0.05, 0.1) is 37.9 Å². The van der Waals surface area contributed by atoms with E-state index in [1.54, 1.807) is 20.8 Å². The normalized spacial score (nSPS) is 13.2. The molecule has 2 unspecified atom stereocenters. The van der Waals surface area contributed by atoms with Crippen LogP contribution in [0, 0.1) is 12.8 Å². The monoisotopic (exact) mass is 512 g/mol. The molecule has 0 saturated carbocycles. The number of aromatic nitrogens is 1. The van der Waals surface area contributed by atoms with E-state index >= 15 is 0 Å². The third-order valence-corrected chi connectivity index (χ3v) is 4.79. The van der Waals surface area contributed by atoms with Crippen molar-refractivity contribution in [1.82, 2.24) is 15.6 Å². The second kappa shape index (κ2) is 12.9. The molecule has 0 amide bonds. The minimum absolute atomic E-state index is 0. The molecule has 0 bridgehead atoms. The Hall–Kier alpha value is -1.43. The Bertz CT molecular complexity index is 651. The van der Waals surface area contributed by atoms with Gasteiger partial charge in [-0.3, -0.25) is 9.79 Å². The van der Waals surface area contributed by atoms with Gasteiger partial charge in [-0.2, -0.15) is 0 Å². The fourth-order valence-corrected chi connectivity index (χ4v) is 3.04. The first-order valence-corrected chi connectivity index (χ1v) is 9.42. The second-order valence-electron chi connectivity index (χ2n) is 5.70. The molecule has 154 valence electrons. The number of rotatable bonds is 8. The molecule has 0 spiro atoms. The molecule has 0 fully saturated rings. The Kier molecular flexibility index (Phi) is 12.2. The van der Waals surface area contributed by atoms with Crippen molar-refractivity contribution in [2.45, 2.75) is 40.7 Å². The lowest BCUT2D eigenvalue weighted by Gasteiger charge is -2.16. The van der Waals surface area contributed by atoms with Crippen LogP contribution in [0.1, 0.15) is 54.1 Å². The van der Waals surface area contributed by atoms with E-state index in [1.807, 2.05) is 13.8 Å². The van der Waals surface area contributed by atoms with Gasteiger partial charge in [0, 0.05) is 6.54 Å². The number of thiazole rings is 1. The Labute approximate surface area is 181 Å². The highest BCUT2D eigenvalue weighted by molar-refractivity contribution is 14.0. The maximum atomic E-state index is 11.9. The summed E-state index contributed by atoms with van der Waals surface area (Å²) >= 11 is 1.30. The van der Waals surface area contributed by atoms with Crippen LogP contribution in [0.2, 0.25) is 0 Å². The molecular formula is C17H29IN4O4S. The van der Waals surface area contributed by atoms with Crippen molar-refractivity contribution < 1.29 is 19.1 Å². The third-order valence-electron chi connectivity index (χ3n) is 3.47. The van der Waals surface area contributed by atoms with Crippen molar-refractivity contribution in [2.24, 2.45) is 10.9 Å². The molecule has 1 aromatic heterocycles. The van der Waals surface area contributed by atoms with Crippen molar-refractivity contribution in [3.05, 3.63) is 15.6 Å². The highest BCUT2D eigenvalue weighted by Gasteiger charge is 2.20. The van der Waals surface area contributed by atoms with Crippen LogP contribution < -0.4 is 10.6 Å². The number of nitrogens with one attached hydrogen (secondary N) is 2. The fraction of sp³-hybridized carbons (Fsp3) is 0.647. The largest absolute Gasteiger partial charge is 0.469 e. The minimum Gasteiger partial charge on any atom is -0.469 e. The van der Waals surface area contributed by atoms with Gasteiger partial charge >= 0.3 is 11.9 Å². The molecule has 0 aliphatic heterocycles. The number of nitrogens with zero attached hydrogens (tertiary/aromatic N) is 2. The molecule has 0 aliphatic carbocycles. The van der Waals surface area contributed by atoms with E-state index in [0.717, 1.165) is 5.01 Å². The zero-order valence-corrected chi connectivity index (χ0v) is 19.8. The lowest BCUT2D eigenvalue weighted by atomic mass is 10.2. The first kappa shape index (κ1) is 25.6. The van der Waals surface area contributed by atoms with Crippen LogP contribution >= 0.6 is 35.3 Å². The van der Waals surface area contributed by atoms with Crippen LogP contribution in [-0.4, -0.2) is 49.7 Å². The lowest BCUT2D eigenvalue weighted by molar-refractivity contribution is -0.144. The van der Waals surface area contributed by atoms with Gasteiger partial charge in [0.2, 0.25) is 0 Å². The average Bonchev–Trinajstić information content (AvgIpc) is 3.01. The summed E-state index contributed by atoms with van der Waals surface area (Å²) in [6.45, 7) is 10.5. The zero-order valence-electron chi connectivity index (χ0n) is 16.6. The zero-order chi connectivity index (χ0) is 19.7. The van der Waals surface area contributed by atoms with Crippen LogP contribution in [0.4, 0.5) is 0 Å². The first-order valence-electron chi connectivity index (χ1n) is 8.61. The highest BCUT2D eigenvalue weighted by atomic mass is 127. The molecule has 2 atom stereocenters. The van der Waals surface area contributed by atoms with Gasteiger partial charge in [0.25, 0.3) is 0 Å². The van der Waals surface area contributed by atoms with E-state index in [2.05, 4.69) is 20.6 Å². The number of hydrogen-bond donors (Lipinski definition) is 2. The summed E-state index contributed by atoms with van der Waals surface area (Å²) in [4.78, 5) is 32.8. The molecule has 0 radical (unpaired) electrons. The van der Waals surface area contributed by atoms with Gasteiger partial charge < -0.3 is 20.1 Å². The molecule has 0 aromatic carbocycles. The molecule has 2 N–H and O–H groups in total. The molecule has 1 heterocycles. The number of guanidine groups is 1. The smallest absolute Gasteiger partial charge is 0.350 e.